The molecule has 1 aliphatic heterocycles. The van der Waals surface area contributed by atoms with E-state index in [4.69, 9.17) is 9.47 Å². The summed E-state index contributed by atoms with van der Waals surface area (Å²) < 4.78 is 11.1. The summed E-state index contributed by atoms with van der Waals surface area (Å²) in [6.45, 7) is 5.86. The summed E-state index contributed by atoms with van der Waals surface area (Å²) in [7, 11) is 1.58. The minimum Gasteiger partial charge on any atom is -0.493 e. The van der Waals surface area contributed by atoms with Crippen LogP contribution in [0.15, 0.2) is 23.6 Å². The molecule has 1 saturated heterocycles. The van der Waals surface area contributed by atoms with Crippen molar-refractivity contribution in [1.82, 2.24) is 9.88 Å². The molecule has 1 aromatic carbocycles. The minimum atomic E-state index is -0.197. The van der Waals surface area contributed by atoms with Gasteiger partial charge in [0.25, 0.3) is 5.91 Å². The second-order valence-corrected chi connectivity index (χ2v) is 7.86. The highest BCUT2D eigenvalue weighted by Crippen LogP contribution is 2.29. The molecule has 0 spiro atoms. The van der Waals surface area contributed by atoms with Crippen molar-refractivity contribution in [3.05, 3.63) is 34.8 Å². The van der Waals surface area contributed by atoms with Gasteiger partial charge < -0.3 is 9.47 Å². The highest BCUT2D eigenvalue weighted by molar-refractivity contribution is 7.13. The molecule has 152 valence electrons. The zero-order valence-corrected chi connectivity index (χ0v) is 17.5. The number of hydrogen-bond donors (Lipinski definition) is 1. The molecule has 0 radical (unpaired) electrons. The molecule has 2 heterocycles. The average molecular weight is 404 g/mol. The predicted molar refractivity (Wildman–Crippen MR) is 113 cm³/mol. The van der Waals surface area contributed by atoms with Crippen LogP contribution < -0.4 is 14.8 Å². The van der Waals surface area contributed by atoms with E-state index in [1.54, 1.807) is 25.3 Å². The number of aromatic nitrogens is 1. The van der Waals surface area contributed by atoms with E-state index in [1.165, 1.54) is 30.6 Å². The number of ether oxygens (including phenoxy) is 2. The van der Waals surface area contributed by atoms with E-state index >= 15 is 0 Å². The minimum absolute atomic E-state index is 0.197. The number of amides is 1. The molecule has 0 bridgehead atoms. The van der Waals surface area contributed by atoms with Crippen molar-refractivity contribution in [3.8, 4) is 11.5 Å². The Morgan fingerprint density at radius 1 is 1.25 bits per heavy atom. The fraction of sp³-hybridized carbons (Fsp3) is 0.524. The average Bonchev–Trinajstić information content (AvgIpc) is 3.15. The molecule has 1 amide bonds. The summed E-state index contributed by atoms with van der Waals surface area (Å²) in [6.07, 6.45) is 5.88. The second kappa shape index (κ2) is 10.4. The van der Waals surface area contributed by atoms with Crippen LogP contribution in [0.2, 0.25) is 0 Å². The van der Waals surface area contributed by atoms with Gasteiger partial charge in [-0.05, 0) is 50.6 Å². The number of unbranched alkanes of at least 4 members (excludes halogenated alkanes) is 1. The topological polar surface area (TPSA) is 63.7 Å². The van der Waals surface area contributed by atoms with Gasteiger partial charge in [-0.2, -0.15) is 0 Å². The molecule has 0 saturated carbocycles. The number of nitrogens with one attached hydrogen (secondary N) is 1. The first-order valence-electron chi connectivity index (χ1n) is 9.98. The van der Waals surface area contributed by atoms with Crippen LogP contribution in [0.3, 0.4) is 0 Å². The Morgan fingerprint density at radius 3 is 2.82 bits per heavy atom. The largest absolute Gasteiger partial charge is 0.493 e. The summed E-state index contributed by atoms with van der Waals surface area (Å²) in [6, 6.07) is 5.24. The van der Waals surface area contributed by atoms with Gasteiger partial charge in [0, 0.05) is 17.5 Å². The summed E-state index contributed by atoms with van der Waals surface area (Å²) in [4.78, 5) is 19.6. The lowest BCUT2D eigenvalue weighted by molar-refractivity contribution is 0.102. The SMILES string of the molecule is CCCCOc1ccc(C(=O)Nc2nc(CN3CCCCC3)cs2)cc1OC. The molecule has 0 unspecified atom stereocenters. The summed E-state index contributed by atoms with van der Waals surface area (Å²) >= 11 is 1.46. The number of piperidine rings is 1. The van der Waals surface area contributed by atoms with Crippen molar-refractivity contribution < 1.29 is 14.3 Å². The predicted octanol–water partition coefficient (Wildman–Crippen LogP) is 4.57. The van der Waals surface area contributed by atoms with E-state index in [1.807, 2.05) is 5.38 Å². The van der Waals surface area contributed by atoms with Crippen LogP contribution in [0.4, 0.5) is 5.13 Å². The van der Waals surface area contributed by atoms with Gasteiger partial charge in [0.2, 0.25) is 0 Å². The lowest BCUT2D eigenvalue weighted by atomic mass is 10.1. The Hall–Kier alpha value is -2.12. The fourth-order valence-electron chi connectivity index (χ4n) is 3.21. The van der Waals surface area contributed by atoms with Crippen molar-refractivity contribution in [2.45, 2.75) is 45.6 Å². The van der Waals surface area contributed by atoms with Crippen LogP contribution in [0.5, 0.6) is 11.5 Å². The van der Waals surface area contributed by atoms with Gasteiger partial charge in [-0.15, -0.1) is 11.3 Å². The number of nitrogens with zero attached hydrogens (tertiary/aromatic N) is 2. The molecule has 2 aromatic rings. The van der Waals surface area contributed by atoms with E-state index in [2.05, 4.69) is 22.1 Å². The van der Waals surface area contributed by atoms with Gasteiger partial charge in [0.15, 0.2) is 16.6 Å². The van der Waals surface area contributed by atoms with Gasteiger partial charge in [-0.25, -0.2) is 4.98 Å². The smallest absolute Gasteiger partial charge is 0.257 e. The van der Waals surface area contributed by atoms with Crippen LogP contribution in [0.25, 0.3) is 0 Å². The van der Waals surface area contributed by atoms with Crippen molar-refractivity contribution in [3.63, 3.8) is 0 Å². The van der Waals surface area contributed by atoms with Crippen LogP contribution in [-0.2, 0) is 6.54 Å². The van der Waals surface area contributed by atoms with Gasteiger partial charge >= 0.3 is 0 Å². The molecule has 1 N–H and O–H groups in total. The third kappa shape index (κ3) is 5.69. The number of methoxy groups -OCH3 is 1. The van der Waals surface area contributed by atoms with Crippen LogP contribution in [0.1, 0.15) is 55.1 Å². The maximum absolute atomic E-state index is 12.6. The first kappa shape index (κ1) is 20.6. The van der Waals surface area contributed by atoms with E-state index in [0.717, 1.165) is 38.2 Å². The third-order valence-corrected chi connectivity index (χ3v) is 5.59. The number of likely N-dealkylation sites (tertiary alicyclic amines) is 1. The fourth-order valence-corrected chi connectivity index (χ4v) is 3.90. The van der Waals surface area contributed by atoms with E-state index in [0.29, 0.717) is 28.8 Å². The van der Waals surface area contributed by atoms with E-state index in [9.17, 15) is 4.79 Å². The van der Waals surface area contributed by atoms with Gasteiger partial charge in [-0.3, -0.25) is 15.0 Å². The summed E-state index contributed by atoms with van der Waals surface area (Å²) in [5.41, 5.74) is 1.53. The molecule has 6 nitrogen and oxygen atoms in total. The Labute approximate surface area is 170 Å². The van der Waals surface area contributed by atoms with Crippen LogP contribution >= 0.6 is 11.3 Å². The third-order valence-electron chi connectivity index (χ3n) is 4.79. The lowest BCUT2D eigenvalue weighted by Gasteiger charge is -2.25. The number of carbonyl (C=O) groups excluding carboxylic acids is 1. The molecule has 3 rings (SSSR count). The van der Waals surface area contributed by atoms with Crippen molar-refractivity contribution in [1.29, 1.82) is 0 Å². The number of benzene rings is 1. The number of hydrogen-bond acceptors (Lipinski definition) is 6. The second-order valence-electron chi connectivity index (χ2n) is 7.00. The maximum Gasteiger partial charge on any atom is 0.257 e. The molecule has 28 heavy (non-hydrogen) atoms. The van der Waals surface area contributed by atoms with Gasteiger partial charge in [0.1, 0.15) is 0 Å². The zero-order chi connectivity index (χ0) is 19.8. The van der Waals surface area contributed by atoms with Crippen molar-refractivity contribution in [2.75, 3.05) is 32.1 Å². The normalized spacial score (nSPS) is 14.6. The Balaban J connectivity index is 1.59. The Morgan fingerprint density at radius 2 is 2.07 bits per heavy atom. The van der Waals surface area contributed by atoms with Crippen LogP contribution in [-0.4, -0.2) is 42.6 Å². The molecular weight excluding hydrogens is 374 g/mol. The molecule has 1 aromatic heterocycles. The maximum atomic E-state index is 12.6. The molecule has 0 atom stereocenters. The first-order valence-corrected chi connectivity index (χ1v) is 10.9. The standard InChI is InChI=1S/C21H29N3O3S/c1-3-4-12-27-18-9-8-16(13-19(18)26-2)20(25)23-21-22-17(15-28-21)14-24-10-6-5-7-11-24/h8-9,13,15H,3-7,10-12,14H2,1-2H3,(H,22,23,25). The highest BCUT2D eigenvalue weighted by atomic mass is 32.1. The van der Waals surface area contributed by atoms with E-state index < -0.39 is 0 Å². The first-order chi connectivity index (χ1) is 13.7. The zero-order valence-electron chi connectivity index (χ0n) is 16.7. The van der Waals surface area contributed by atoms with Gasteiger partial charge in [-0.1, -0.05) is 19.8 Å². The lowest BCUT2D eigenvalue weighted by Crippen LogP contribution is -2.29. The van der Waals surface area contributed by atoms with E-state index in [-0.39, 0.29) is 5.91 Å². The summed E-state index contributed by atoms with van der Waals surface area (Å²) in [5.74, 6) is 1.02. The van der Waals surface area contributed by atoms with Gasteiger partial charge in [0.05, 0.1) is 19.4 Å². The number of rotatable bonds is 9. The molecule has 7 heteroatoms. The van der Waals surface area contributed by atoms with Crippen molar-refractivity contribution in [2.24, 2.45) is 0 Å². The molecular formula is C21H29N3O3S. The molecule has 1 fully saturated rings. The molecule has 0 aliphatic carbocycles. The number of anilines is 1. The highest BCUT2D eigenvalue weighted by Gasteiger charge is 2.15. The number of thiazole rings is 1. The van der Waals surface area contributed by atoms with Crippen LogP contribution in [0, 0.1) is 0 Å². The Kier molecular flexibility index (Phi) is 7.68. The monoisotopic (exact) mass is 403 g/mol. The quantitative estimate of drug-likeness (QED) is 0.622. The Bertz CT molecular complexity index is 772. The number of carbonyl (C=O) groups is 1. The molecule has 1 aliphatic rings. The van der Waals surface area contributed by atoms with Crippen molar-refractivity contribution >= 4 is 22.4 Å². The summed E-state index contributed by atoms with van der Waals surface area (Å²) in [5, 5.41) is 5.54.